The van der Waals surface area contributed by atoms with Gasteiger partial charge in [0, 0.05) is 13.1 Å². The van der Waals surface area contributed by atoms with Gasteiger partial charge in [0.1, 0.15) is 12.7 Å². The number of nitrogens with one attached hydrogen (secondary N) is 2. The van der Waals surface area contributed by atoms with E-state index in [-0.39, 0.29) is 0 Å². The van der Waals surface area contributed by atoms with E-state index in [0.29, 0.717) is 23.9 Å². The van der Waals surface area contributed by atoms with Crippen LogP contribution in [-0.4, -0.2) is 42.8 Å². The highest BCUT2D eigenvalue weighted by atomic mass is 15.4. The SMILES string of the molecule is CNc1nc(NC(C)C2CC2)nc(-n2cncn2)n1. The average molecular weight is 260 g/mol. The third-order valence-electron chi connectivity index (χ3n) is 3.16. The zero-order valence-corrected chi connectivity index (χ0v) is 10.9. The van der Waals surface area contributed by atoms with Gasteiger partial charge in [0.15, 0.2) is 0 Å². The van der Waals surface area contributed by atoms with Crippen LogP contribution in [0.5, 0.6) is 0 Å². The van der Waals surface area contributed by atoms with Gasteiger partial charge >= 0.3 is 0 Å². The number of aromatic nitrogens is 6. The van der Waals surface area contributed by atoms with Crippen molar-refractivity contribution in [3.05, 3.63) is 12.7 Å². The summed E-state index contributed by atoms with van der Waals surface area (Å²) in [6, 6.07) is 0.371. The fourth-order valence-corrected chi connectivity index (χ4v) is 1.87. The van der Waals surface area contributed by atoms with Gasteiger partial charge < -0.3 is 10.6 Å². The molecule has 1 aliphatic carbocycles. The van der Waals surface area contributed by atoms with Gasteiger partial charge in [-0.25, -0.2) is 4.98 Å². The van der Waals surface area contributed by atoms with E-state index in [9.17, 15) is 0 Å². The van der Waals surface area contributed by atoms with Gasteiger partial charge in [-0.2, -0.15) is 24.7 Å². The van der Waals surface area contributed by atoms with Crippen LogP contribution in [0.15, 0.2) is 12.7 Å². The number of rotatable bonds is 5. The summed E-state index contributed by atoms with van der Waals surface area (Å²) in [6.45, 7) is 2.15. The number of anilines is 2. The molecule has 2 N–H and O–H groups in total. The van der Waals surface area contributed by atoms with E-state index in [1.807, 2.05) is 0 Å². The summed E-state index contributed by atoms with van der Waals surface area (Å²) in [4.78, 5) is 16.8. The third-order valence-corrected chi connectivity index (χ3v) is 3.16. The second-order valence-corrected chi connectivity index (χ2v) is 4.64. The van der Waals surface area contributed by atoms with E-state index in [1.54, 1.807) is 13.4 Å². The maximum Gasteiger partial charge on any atom is 0.258 e. The van der Waals surface area contributed by atoms with Crippen molar-refractivity contribution in [3.8, 4) is 5.95 Å². The molecule has 1 aliphatic rings. The minimum Gasteiger partial charge on any atom is -0.357 e. The number of nitrogens with zero attached hydrogens (tertiary/aromatic N) is 6. The fourth-order valence-electron chi connectivity index (χ4n) is 1.87. The number of hydrogen-bond acceptors (Lipinski definition) is 7. The van der Waals surface area contributed by atoms with E-state index in [0.717, 1.165) is 5.92 Å². The van der Waals surface area contributed by atoms with E-state index in [4.69, 9.17) is 0 Å². The van der Waals surface area contributed by atoms with Crippen LogP contribution in [0.25, 0.3) is 5.95 Å². The molecule has 0 aromatic carbocycles. The van der Waals surface area contributed by atoms with Crippen molar-refractivity contribution >= 4 is 11.9 Å². The second-order valence-electron chi connectivity index (χ2n) is 4.64. The molecule has 0 bridgehead atoms. The van der Waals surface area contributed by atoms with Gasteiger partial charge in [-0.05, 0) is 25.7 Å². The molecule has 19 heavy (non-hydrogen) atoms. The van der Waals surface area contributed by atoms with Crippen LogP contribution in [0.1, 0.15) is 19.8 Å². The molecule has 1 fully saturated rings. The van der Waals surface area contributed by atoms with E-state index in [2.05, 4.69) is 42.6 Å². The molecule has 0 aliphatic heterocycles. The van der Waals surface area contributed by atoms with Crippen LogP contribution in [-0.2, 0) is 0 Å². The first kappa shape index (κ1) is 11.8. The highest BCUT2D eigenvalue weighted by molar-refractivity contribution is 5.38. The Labute approximate surface area is 110 Å². The molecule has 0 saturated heterocycles. The van der Waals surface area contributed by atoms with Gasteiger partial charge in [-0.1, -0.05) is 0 Å². The van der Waals surface area contributed by atoms with Crippen LogP contribution in [0.3, 0.4) is 0 Å². The Bertz CT molecular complexity index is 548. The Morgan fingerprint density at radius 3 is 2.68 bits per heavy atom. The summed E-state index contributed by atoms with van der Waals surface area (Å²) in [7, 11) is 1.77. The summed E-state index contributed by atoms with van der Waals surface area (Å²) in [6.07, 6.45) is 5.55. The molecule has 1 saturated carbocycles. The molecule has 8 heteroatoms. The van der Waals surface area contributed by atoms with Crippen LogP contribution in [0.4, 0.5) is 11.9 Å². The van der Waals surface area contributed by atoms with Gasteiger partial charge in [-0.15, -0.1) is 0 Å². The zero-order valence-electron chi connectivity index (χ0n) is 10.9. The molecule has 0 radical (unpaired) electrons. The van der Waals surface area contributed by atoms with E-state index >= 15 is 0 Å². The van der Waals surface area contributed by atoms with E-state index < -0.39 is 0 Å². The molecule has 1 atom stereocenters. The lowest BCUT2D eigenvalue weighted by molar-refractivity contribution is 0.682. The van der Waals surface area contributed by atoms with Gasteiger partial charge in [0.05, 0.1) is 0 Å². The van der Waals surface area contributed by atoms with Gasteiger partial charge in [-0.3, -0.25) is 0 Å². The van der Waals surface area contributed by atoms with Crippen molar-refractivity contribution in [1.82, 2.24) is 29.7 Å². The predicted molar refractivity (Wildman–Crippen MR) is 70.1 cm³/mol. The Morgan fingerprint density at radius 2 is 2.05 bits per heavy atom. The van der Waals surface area contributed by atoms with Gasteiger partial charge in [0.2, 0.25) is 11.9 Å². The number of hydrogen-bond donors (Lipinski definition) is 2. The minimum absolute atomic E-state index is 0.371. The molecule has 8 nitrogen and oxygen atoms in total. The van der Waals surface area contributed by atoms with Crippen molar-refractivity contribution in [2.45, 2.75) is 25.8 Å². The van der Waals surface area contributed by atoms with Crippen LogP contribution in [0, 0.1) is 5.92 Å². The normalized spacial score (nSPS) is 16.1. The highest BCUT2D eigenvalue weighted by Crippen LogP contribution is 2.33. The van der Waals surface area contributed by atoms with Crippen LogP contribution >= 0.6 is 0 Å². The zero-order chi connectivity index (χ0) is 13.2. The summed E-state index contributed by atoms with van der Waals surface area (Å²) < 4.78 is 1.51. The quantitative estimate of drug-likeness (QED) is 0.817. The van der Waals surface area contributed by atoms with Crippen molar-refractivity contribution in [3.63, 3.8) is 0 Å². The standard InChI is InChI=1S/C11H16N8/c1-7(8-3-4-8)15-10-16-9(12-2)17-11(18-10)19-6-13-5-14-19/h5-8H,3-4H2,1-2H3,(H2,12,15,16,17,18). The summed E-state index contributed by atoms with van der Waals surface area (Å²) >= 11 is 0. The molecule has 0 spiro atoms. The minimum atomic E-state index is 0.371. The topological polar surface area (TPSA) is 93.4 Å². The van der Waals surface area contributed by atoms with Crippen molar-refractivity contribution in [2.24, 2.45) is 5.92 Å². The Hall–Kier alpha value is -2.25. The lowest BCUT2D eigenvalue weighted by Gasteiger charge is -2.13. The summed E-state index contributed by atoms with van der Waals surface area (Å²) in [5, 5.41) is 10.3. The van der Waals surface area contributed by atoms with Crippen molar-refractivity contribution in [1.29, 1.82) is 0 Å². The Morgan fingerprint density at radius 1 is 1.26 bits per heavy atom. The molecular formula is C11H16N8. The summed E-state index contributed by atoms with van der Waals surface area (Å²) in [5.41, 5.74) is 0. The van der Waals surface area contributed by atoms with Crippen LogP contribution < -0.4 is 10.6 Å². The maximum absolute atomic E-state index is 4.36. The summed E-state index contributed by atoms with van der Waals surface area (Å²) in [5.74, 6) is 2.24. The highest BCUT2D eigenvalue weighted by Gasteiger charge is 2.28. The first-order valence-electron chi connectivity index (χ1n) is 6.31. The third kappa shape index (κ3) is 2.61. The van der Waals surface area contributed by atoms with Gasteiger partial charge in [0.25, 0.3) is 5.95 Å². The van der Waals surface area contributed by atoms with E-state index in [1.165, 1.54) is 23.9 Å². The molecule has 2 heterocycles. The Kier molecular flexibility index (Phi) is 2.98. The average Bonchev–Trinajstić information content (AvgIpc) is 3.13. The largest absolute Gasteiger partial charge is 0.357 e. The molecular weight excluding hydrogens is 244 g/mol. The lowest BCUT2D eigenvalue weighted by Crippen LogP contribution is -2.20. The molecule has 0 amide bonds. The maximum atomic E-state index is 4.36. The van der Waals surface area contributed by atoms with Crippen molar-refractivity contribution in [2.75, 3.05) is 17.7 Å². The first-order chi connectivity index (χ1) is 9.26. The monoisotopic (exact) mass is 260 g/mol. The van der Waals surface area contributed by atoms with Crippen molar-refractivity contribution < 1.29 is 0 Å². The van der Waals surface area contributed by atoms with Crippen LogP contribution in [0.2, 0.25) is 0 Å². The predicted octanol–water partition coefficient (Wildman–Crippen LogP) is 0.704. The fraction of sp³-hybridized carbons (Fsp3) is 0.545. The molecule has 100 valence electrons. The first-order valence-corrected chi connectivity index (χ1v) is 6.31. The molecule has 1 unspecified atom stereocenters. The molecule has 2 aromatic rings. The lowest BCUT2D eigenvalue weighted by atomic mass is 10.2. The molecule has 2 aromatic heterocycles. The molecule has 3 rings (SSSR count). The smallest absolute Gasteiger partial charge is 0.258 e. The Balaban J connectivity index is 1.88. The second kappa shape index (κ2) is 4.79.